The molecule has 2 aliphatic rings. The molecule has 7 aromatic carbocycles. The molecule has 12 rings (SSSR count). The third-order valence-electron chi connectivity index (χ3n) is 15.8. The Morgan fingerprint density at radius 2 is 1.43 bits per heavy atom. The maximum Gasteiger partial charge on any atom is 0.304 e. The molecule has 3 aromatic heterocycles. The van der Waals surface area contributed by atoms with Crippen LogP contribution in [0.4, 0.5) is 0 Å². The minimum absolute atomic E-state index is 0.168. The third-order valence-corrected chi connectivity index (χ3v) is 17.8. The van der Waals surface area contributed by atoms with Crippen molar-refractivity contribution in [1.29, 1.82) is 0 Å². The van der Waals surface area contributed by atoms with E-state index >= 15 is 0 Å². The fourth-order valence-electron chi connectivity index (χ4n) is 12.6. The number of rotatable bonds is 6. The molecule has 69 heavy (non-hydrogen) atoms. The van der Waals surface area contributed by atoms with Crippen molar-refractivity contribution in [1.82, 2.24) is 4.57 Å². The van der Waals surface area contributed by atoms with Gasteiger partial charge in [-0.2, -0.15) is 13.7 Å². The molecule has 0 fully saturated rings. The summed E-state index contributed by atoms with van der Waals surface area (Å²) in [7, 11) is -1.75. The highest BCUT2D eigenvalue weighted by Gasteiger charge is 2.45. The van der Waals surface area contributed by atoms with E-state index in [0.717, 1.165) is 70.2 Å². The van der Waals surface area contributed by atoms with Gasteiger partial charge < -0.3 is 4.42 Å². The van der Waals surface area contributed by atoms with Crippen molar-refractivity contribution < 1.29 is 13.6 Å². The number of furan rings is 1. The lowest BCUT2D eigenvalue weighted by Crippen LogP contribution is -2.54. The smallest absolute Gasteiger partial charge is 0.304 e. The first-order valence-corrected chi connectivity index (χ1v) is 29.1. The second-order valence-corrected chi connectivity index (χ2v) is 27.5. The summed E-state index contributed by atoms with van der Waals surface area (Å²) in [4.78, 5) is 0. The number of hydrogen-bond donors (Lipinski definition) is 0. The van der Waals surface area contributed by atoms with Crippen LogP contribution < -0.4 is 14.3 Å². The van der Waals surface area contributed by atoms with Crippen molar-refractivity contribution in [3.05, 3.63) is 174 Å². The van der Waals surface area contributed by atoms with Crippen LogP contribution in [0.5, 0.6) is 0 Å². The van der Waals surface area contributed by atoms with Crippen molar-refractivity contribution in [3.63, 3.8) is 0 Å². The standard InChI is InChI=1S/C64H65N3OSi/c1-38(2)32-45-35-58-50-21-14-13-20-49(50)51-30-28-43-29-31-52-54-34-44-27-26-42-18-11-12-19-48(42)53(44)36-59(54)68-63(52)61(43)64-66(41(7)33-57(51)65(58)37-60(45)69(8,9)10)55-24-15-16-25-56(55)67(64)62-46(39(3)4)22-17-23-47(62)40(5)6/h11-27,29,31,34-40,51,57H,7,28,30,32-33H2,1-6,8-10H3/q+2. The molecule has 0 bridgehead atoms. The van der Waals surface area contributed by atoms with Gasteiger partial charge >= 0.3 is 5.82 Å². The van der Waals surface area contributed by atoms with Gasteiger partial charge in [0.15, 0.2) is 28.9 Å². The van der Waals surface area contributed by atoms with Crippen molar-refractivity contribution >= 4 is 73.5 Å². The zero-order chi connectivity index (χ0) is 47.6. The SMILES string of the molecule is C=C1CC2C(CCc3ccc4c(oc5cc6c(ccc7ccccc76)cc54)c3-c3n(-c4c(C(C)C)cccc4C(C)C)c4ccccc4[n+]31)c1ccccc1-c1cc(CC(C)C)c([Si](C)(C)C)c[n+]12. The Morgan fingerprint density at radius 1 is 0.710 bits per heavy atom. The summed E-state index contributed by atoms with van der Waals surface area (Å²) in [5.41, 5.74) is 17.4. The molecule has 0 radical (unpaired) electrons. The van der Waals surface area contributed by atoms with Crippen LogP contribution in [-0.2, 0) is 12.8 Å². The molecule has 5 heteroatoms. The second-order valence-electron chi connectivity index (χ2n) is 22.4. The first-order chi connectivity index (χ1) is 33.3. The predicted molar refractivity (Wildman–Crippen MR) is 293 cm³/mol. The lowest BCUT2D eigenvalue weighted by atomic mass is 9.77. The molecule has 5 heterocycles. The van der Waals surface area contributed by atoms with Crippen LogP contribution in [0.15, 0.2) is 151 Å². The zero-order valence-corrected chi connectivity index (χ0v) is 43.0. The Labute approximate surface area is 408 Å². The molecule has 344 valence electrons. The summed E-state index contributed by atoms with van der Waals surface area (Å²) in [6, 6.07) is 50.8. The zero-order valence-electron chi connectivity index (χ0n) is 42.0. The van der Waals surface area contributed by atoms with Gasteiger partial charge in [0.25, 0.3) is 0 Å². The predicted octanol–water partition coefficient (Wildman–Crippen LogP) is 15.9. The van der Waals surface area contributed by atoms with Gasteiger partial charge in [0, 0.05) is 44.6 Å². The van der Waals surface area contributed by atoms with Gasteiger partial charge in [-0.05, 0) is 106 Å². The fourth-order valence-corrected chi connectivity index (χ4v) is 14.3. The second kappa shape index (κ2) is 16.3. The molecule has 4 nitrogen and oxygen atoms in total. The fraction of sp³-hybridized carbons (Fsp3) is 0.281. The minimum Gasteiger partial charge on any atom is -0.455 e. The van der Waals surface area contributed by atoms with Crippen molar-refractivity contribution in [2.24, 2.45) is 5.92 Å². The molecule has 0 saturated heterocycles. The van der Waals surface area contributed by atoms with E-state index in [1.54, 1.807) is 5.19 Å². The first kappa shape index (κ1) is 43.7. The number of imidazole rings is 1. The van der Waals surface area contributed by atoms with Gasteiger partial charge in [0.1, 0.15) is 22.5 Å². The average molecular weight is 920 g/mol. The number of pyridine rings is 1. The van der Waals surface area contributed by atoms with Gasteiger partial charge in [-0.15, -0.1) is 0 Å². The molecule has 2 atom stereocenters. The van der Waals surface area contributed by atoms with E-state index in [-0.39, 0.29) is 12.0 Å². The first-order valence-electron chi connectivity index (χ1n) is 25.6. The van der Waals surface area contributed by atoms with Gasteiger partial charge in [-0.3, -0.25) is 0 Å². The van der Waals surface area contributed by atoms with Crippen molar-refractivity contribution in [3.8, 4) is 28.3 Å². The van der Waals surface area contributed by atoms with E-state index < -0.39 is 8.07 Å². The van der Waals surface area contributed by atoms with E-state index in [9.17, 15) is 0 Å². The number of hydrogen-bond acceptors (Lipinski definition) is 1. The van der Waals surface area contributed by atoms with Crippen LogP contribution in [0.25, 0.3) is 88.5 Å². The Morgan fingerprint density at radius 3 is 2.20 bits per heavy atom. The Balaban J connectivity index is 1.19. The summed E-state index contributed by atoms with van der Waals surface area (Å²) in [6.07, 6.45) is 6.39. The van der Waals surface area contributed by atoms with Crippen LogP contribution in [-0.4, -0.2) is 12.6 Å². The summed E-state index contributed by atoms with van der Waals surface area (Å²) < 4.78 is 15.3. The Bertz CT molecular complexity index is 3720. The molecular formula is C64H65N3OSi+2. The number of nitrogens with zero attached hydrogens (tertiary/aromatic N) is 3. The number of benzene rings is 7. The molecule has 0 amide bonds. The van der Waals surface area contributed by atoms with E-state index in [4.69, 9.17) is 11.0 Å². The molecular weight excluding hydrogens is 855 g/mol. The summed E-state index contributed by atoms with van der Waals surface area (Å²) in [6.45, 7) is 26.9. The monoisotopic (exact) mass is 919 g/mol. The van der Waals surface area contributed by atoms with E-state index in [1.807, 2.05) is 0 Å². The lowest BCUT2D eigenvalue weighted by Gasteiger charge is -2.33. The number of fused-ring (bicyclic) bond motifs is 18. The van der Waals surface area contributed by atoms with Gasteiger partial charge in [0.05, 0.1) is 14.5 Å². The lowest BCUT2D eigenvalue weighted by molar-refractivity contribution is -0.719. The third kappa shape index (κ3) is 6.89. The topological polar surface area (TPSA) is 25.8 Å². The summed E-state index contributed by atoms with van der Waals surface area (Å²) in [5.74, 6) is 2.56. The minimum atomic E-state index is -1.75. The number of aromatic nitrogens is 3. The van der Waals surface area contributed by atoms with Crippen LogP contribution in [0.2, 0.25) is 19.6 Å². The molecule has 0 aliphatic carbocycles. The highest BCUT2D eigenvalue weighted by Crippen LogP contribution is 2.48. The molecule has 2 unspecified atom stereocenters. The van der Waals surface area contributed by atoms with Gasteiger partial charge in [-0.25, -0.2) is 0 Å². The van der Waals surface area contributed by atoms with Crippen LogP contribution in [0, 0.1) is 5.92 Å². The summed E-state index contributed by atoms with van der Waals surface area (Å²) in [5, 5.41) is 8.80. The van der Waals surface area contributed by atoms with Crippen LogP contribution in [0.3, 0.4) is 0 Å². The maximum absolute atomic E-state index is 7.45. The quantitative estimate of drug-likeness (QED) is 0.0927. The number of para-hydroxylation sites is 3. The Kier molecular flexibility index (Phi) is 10.3. The van der Waals surface area contributed by atoms with Gasteiger partial charge in [0.2, 0.25) is 5.69 Å². The highest BCUT2D eigenvalue weighted by atomic mass is 28.3. The number of aryl methyl sites for hydroxylation is 1. The van der Waals surface area contributed by atoms with E-state index in [0.29, 0.717) is 17.8 Å². The van der Waals surface area contributed by atoms with Gasteiger partial charge in [-0.1, -0.05) is 165 Å². The van der Waals surface area contributed by atoms with Crippen LogP contribution >= 0.6 is 0 Å². The van der Waals surface area contributed by atoms with Crippen molar-refractivity contribution in [2.45, 2.75) is 111 Å². The molecule has 0 N–H and O–H groups in total. The summed E-state index contributed by atoms with van der Waals surface area (Å²) >= 11 is 0. The molecule has 0 saturated carbocycles. The van der Waals surface area contributed by atoms with Crippen molar-refractivity contribution in [2.75, 3.05) is 0 Å². The normalized spacial score (nSPS) is 16.2. The van der Waals surface area contributed by atoms with E-state index in [1.165, 1.54) is 71.8 Å². The largest absolute Gasteiger partial charge is 0.455 e. The maximum atomic E-state index is 7.45. The van der Waals surface area contributed by atoms with Crippen LogP contribution in [0.1, 0.15) is 106 Å². The highest BCUT2D eigenvalue weighted by molar-refractivity contribution is 6.89. The number of allylic oxidation sites excluding steroid dienone is 1. The van der Waals surface area contributed by atoms with E-state index in [2.05, 4.69) is 215 Å². The average Bonchev–Trinajstić information content (AvgIpc) is 3.87. The molecule has 10 aromatic rings. The molecule has 0 spiro atoms. The molecule has 2 aliphatic heterocycles. The Hall–Kier alpha value is -6.56.